The van der Waals surface area contributed by atoms with Crippen LogP contribution >= 0.6 is 0 Å². The van der Waals surface area contributed by atoms with E-state index in [0.29, 0.717) is 42.8 Å². The number of hydrogen-bond acceptors (Lipinski definition) is 6. The van der Waals surface area contributed by atoms with Gasteiger partial charge >= 0.3 is 0 Å². The minimum absolute atomic E-state index is 0.0248. The van der Waals surface area contributed by atoms with E-state index in [-0.39, 0.29) is 40.3 Å². The summed E-state index contributed by atoms with van der Waals surface area (Å²) >= 11 is 0. The molecule has 3 aliphatic carbocycles. The second-order valence-corrected chi connectivity index (χ2v) is 12.8. The zero-order valence-electron chi connectivity index (χ0n) is 20.5. The Kier molecular flexibility index (Phi) is 6.92. The maximum absolute atomic E-state index is 12.7. The molecule has 190 valence electrons. The molecule has 0 heterocycles. The molecule has 0 saturated heterocycles. The number of aliphatic hydroxyl groups excluding tert-OH is 1. The van der Waals surface area contributed by atoms with Crippen LogP contribution in [0.2, 0.25) is 0 Å². The molecule has 0 bridgehead atoms. The number of aliphatic hydroxyl groups is 1. The van der Waals surface area contributed by atoms with Gasteiger partial charge in [-0.15, -0.1) is 0 Å². The molecule has 0 unspecified atom stereocenters. The second-order valence-electron chi connectivity index (χ2n) is 11.3. The molecule has 7 nitrogen and oxygen atoms in total. The zero-order valence-corrected chi connectivity index (χ0v) is 21.3. The summed E-state index contributed by atoms with van der Waals surface area (Å²) in [6, 6.07) is 4.36. The molecule has 8 heteroatoms. The maximum Gasteiger partial charge on any atom is 0.294 e. The number of ether oxygens (including phenoxy) is 1. The maximum atomic E-state index is 12.7. The van der Waals surface area contributed by atoms with Crippen LogP contribution in [0.15, 0.2) is 23.1 Å². The molecule has 0 aromatic heterocycles. The van der Waals surface area contributed by atoms with Crippen molar-refractivity contribution < 1.29 is 27.6 Å². The van der Waals surface area contributed by atoms with Crippen LogP contribution in [0.5, 0.6) is 5.75 Å². The summed E-state index contributed by atoms with van der Waals surface area (Å²) in [7, 11) is -4.31. The van der Waals surface area contributed by atoms with Gasteiger partial charge < -0.3 is 15.6 Å². The van der Waals surface area contributed by atoms with Gasteiger partial charge in [0.15, 0.2) is 0 Å². The van der Waals surface area contributed by atoms with Crippen molar-refractivity contribution >= 4 is 15.9 Å². The van der Waals surface area contributed by atoms with E-state index in [4.69, 9.17) is 10.5 Å². The van der Waals surface area contributed by atoms with Crippen molar-refractivity contribution in [2.45, 2.75) is 76.7 Å². The van der Waals surface area contributed by atoms with Gasteiger partial charge in [0.25, 0.3) is 10.1 Å². The van der Waals surface area contributed by atoms with Gasteiger partial charge in [0.2, 0.25) is 0 Å². The lowest BCUT2D eigenvalue weighted by Crippen LogP contribution is -2.53. The molecule has 1 aromatic carbocycles. The molecule has 0 spiro atoms. The molecule has 0 radical (unpaired) electrons. The first-order valence-electron chi connectivity index (χ1n) is 12.5. The molecule has 3 fully saturated rings. The molecule has 0 aliphatic heterocycles. The van der Waals surface area contributed by atoms with Crippen molar-refractivity contribution in [1.29, 1.82) is 0 Å². The fourth-order valence-corrected chi connectivity index (χ4v) is 8.01. The monoisotopic (exact) mass is 493 g/mol. The highest BCUT2D eigenvalue weighted by atomic mass is 32.2. The largest absolute Gasteiger partial charge is 0.490 e. The number of nitrogens with two attached hydrogens (primary N) is 1. The third kappa shape index (κ3) is 4.31. The second kappa shape index (κ2) is 9.19. The molecule has 4 N–H and O–H groups in total. The van der Waals surface area contributed by atoms with Crippen LogP contribution in [0, 0.1) is 41.4 Å². The Morgan fingerprint density at radius 2 is 1.88 bits per heavy atom. The van der Waals surface area contributed by atoms with Crippen molar-refractivity contribution in [1.82, 2.24) is 0 Å². The molecule has 0 amide bonds. The highest BCUT2D eigenvalue weighted by Gasteiger charge is 2.58. The van der Waals surface area contributed by atoms with E-state index in [1.807, 2.05) is 6.92 Å². The van der Waals surface area contributed by atoms with Gasteiger partial charge in [0.05, 0.1) is 11.0 Å². The van der Waals surface area contributed by atoms with E-state index in [1.54, 1.807) is 6.07 Å². The number of hydrogen-bond donors (Lipinski definition) is 3. The summed E-state index contributed by atoms with van der Waals surface area (Å²) in [5.41, 5.74) is 6.78. The van der Waals surface area contributed by atoms with Gasteiger partial charge in [-0.25, -0.2) is 0 Å². The van der Waals surface area contributed by atoms with Crippen molar-refractivity contribution in [2.24, 2.45) is 40.2 Å². The van der Waals surface area contributed by atoms with Crippen molar-refractivity contribution in [3.8, 4) is 5.75 Å². The molecule has 1 aromatic rings. The summed E-state index contributed by atoms with van der Waals surface area (Å²) in [4.78, 5) is 12.5. The van der Waals surface area contributed by atoms with Crippen molar-refractivity contribution in [3.63, 3.8) is 0 Å². The van der Waals surface area contributed by atoms with Gasteiger partial charge in [0, 0.05) is 24.5 Å². The average molecular weight is 494 g/mol. The molecular formula is C26H39NO6S. The predicted octanol–water partition coefficient (Wildman–Crippen LogP) is 3.76. The van der Waals surface area contributed by atoms with E-state index < -0.39 is 10.1 Å². The van der Waals surface area contributed by atoms with E-state index in [9.17, 15) is 22.9 Å². The first kappa shape index (κ1) is 25.6. The normalized spacial score (nSPS) is 38.5. The number of rotatable bonds is 6. The number of fused-ring (bicyclic) bond motifs is 1. The summed E-state index contributed by atoms with van der Waals surface area (Å²) < 4.78 is 38.8. The third-order valence-corrected chi connectivity index (χ3v) is 10.6. The Balaban J connectivity index is 1.53. The number of Topliss-reactive ketones (excluding diaryl/α,β-unsaturated/α-hetero) is 1. The highest BCUT2D eigenvalue weighted by molar-refractivity contribution is 7.85. The van der Waals surface area contributed by atoms with E-state index in [2.05, 4.69) is 13.8 Å². The number of aryl methyl sites for hydroxylation is 1. The third-order valence-electron chi connectivity index (χ3n) is 9.72. The number of ketones is 1. The quantitative estimate of drug-likeness (QED) is 0.515. The number of benzene rings is 1. The first-order valence-corrected chi connectivity index (χ1v) is 14.0. The Morgan fingerprint density at radius 1 is 1.15 bits per heavy atom. The van der Waals surface area contributed by atoms with Crippen LogP contribution in [-0.4, -0.2) is 43.1 Å². The molecule has 3 aliphatic rings. The van der Waals surface area contributed by atoms with E-state index in [1.165, 1.54) is 12.1 Å². The molecule has 7 atom stereocenters. The minimum atomic E-state index is -4.31. The molecular weight excluding hydrogens is 454 g/mol. The van der Waals surface area contributed by atoms with Crippen LogP contribution in [0.3, 0.4) is 0 Å². The van der Waals surface area contributed by atoms with Crippen LogP contribution < -0.4 is 10.5 Å². The standard InChI is InChI=1S/C26H39NO6S/c1-16-4-5-19(34(30,31)32)13-23(16)33-18-8-10-25(2,17(12-18)15-28)22-9-11-26(3)21(20(22)14-27)6-7-24(26)29/h4-5,13,17-18,20-22,28H,6-12,14-15,27H2,1-3H3,(H,30,31,32)/t17-,18+,20+,21+,22+,25+,26+/m1/s1. The number of carbonyl (C=O) groups excluding carboxylic acids is 1. The molecule has 4 rings (SSSR count). The fraction of sp³-hybridized carbons (Fsp3) is 0.731. The highest BCUT2D eigenvalue weighted by Crippen LogP contribution is 2.61. The average Bonchev–Trinajstić information content (AvgIpc) is 3.09. The van der Waals surface area contributed by atoms with E-state index in [0.717, 1.165) is 37.7 Å². The van der Waals surface area contributed by atoms with E-state index >= 15 is 0 Å². The summed E-state index contributed by atoms with van der Waals surface area (Å²) in [5.74, 6) is 1.80. The Labute approximate surface area is 203 Å². The topological polar surface area (TPSA) is 127 Å². The van der Waals surface area contributed by atoms with Crippen LogP contribution in [-0.2, 0) is 14.9 Å². The van der Waals surface area contributed by atoms with Gasteiger partial charge in [-0.05, 0) is 92.7 Å². The van der Waals surface area contributed by atoms with Crippen LogP contribution in [0.25, 0.3) is 0 Å². The zero-order chi connectivity index (χ0) is 24.9. The van der Waals surface area contributed by atoms with Crippen molar-refractivity contribution in [3.05, 3.63) is 23.8 Å². The smallest absolute Gasteiger partial charge is 0.294 e. The molecule has 34 heavy (non-hydrogen) atoms. The summed E-state index contributed by atoms with van der Waals surface area (Å²) in [5, 5.41) is 10.4. The first-order chi connectivity index (χ1) is 15.9. The number of carbonyl (C=O) groups is 1. The predicted molar refractivity (Wildman–Crippen MR) is 129 cm³/mol. The molecule has 3 saturated carbocycles. The van der Waals surface area contributed by atoms with Crippen LogP contribution in [0.4, 0.5) is 0 Å². The summed E-state index contributed by atoms with van der Waals surface area (Å²) in [6.07, 6.45) is 5.60. The lowest BCUT2D eigenvalue weighted by molar-refractivity contribution is -0.135. The SMILES string of the molecule is Cc1ccc(S(=O)(=O)O)cc1O[C@H]1CC[C@](C)([C@H]2CC[C@]3(C)C(=O)CC[C@H]3[C@@H]2CN)[C@@H](CO)C1. The Bertz CT molecular complexity index is 1040. The van der Waals surface area contributed by atoms with Gasteiger partial charge in [-0.1, -0.05) is 19.9 Å². The summed E-state index contributed by atoms with van der Waals surface area (Å²) in [6.45, 7) is 6.86. The minimum Gasteiger partial charge on any atom is -0.490 e. The lowest BCUT2D eigenvalue weighted by atomic mass is 9.49. The van der Waals surface area contributed by atoms with Crippen molar-refractivity contribution in [2.75, 3.05) is 13.2 Å². The van der Waals surface area contributed by atoms with Crippen LogP contribution in [0.1, 0.15) is 64.4 Å². The Morgan fingerprint density at radius 3 is 2.53 bits per heavy atom. The van der Waals surface area contributed by atoms with Gasteiger partial charge in [-0.2, -0.15) is 8.42 Å². The fourth-order valence-electron chi connectivity index (χ4n) is 7.51. The van der Waals surface area contributed by atoms with Gasteiger partial charge in [0.1, 0.15) is 11.5 Å². The van der Waals surface area contributed by atoms with Gasteiger partial charge in [-0.3, -0.25) is 9.35 Å². The Hall–Kier alpha value is -1.48. The lowest BCUT2D eigenvalue weighted by Gasteiger charge is -2.56.